The molecule has 0 amide bonds. The third-order valence-corrected chi connectivity index (χ3v) is 3.24. The molecule has 1 aliphatic heterocycles. The minimum absolute atomic E-state index is 0.131. The van der Waals surface area contributed by atoms with E-state index in [1.165, 1.54) is 0 Å². The summed E-state index contributed by atoms with van der Waals surface area (Å²) < 4.78 is 5.95. The maximum Gasteiger partial charge on any atom is 0.186 e. The van der Waals surface area contributed by atoms with Crippen LogP contribution in [0.15, 0.2) is 18.2 Å². The Hall–Kier alpha value is -1.77. The van der Waals surface area contributed by atoms with Gasteiger partial charge in [-0.1, -0.05) is 12.1 Å². The van der Waals surface area contributed by atoms with Gasteiger partial charge in [0.25, 0.3) is 0 Å². The highest BCUT2D eigenvalue weighted by Crippen LogP contribution is 2.39. The summed E-state index contributed by atoms with van der Waals surface area (Å²) >= 11 is 0. The van der Waals surface area contributed by atoms with Crippen molar-refractivity contribution in [2.45, 2.75) is 32.8 Å². The number of hydrogen-bond acceptors (Lipinski definition) is 2. The third kappa shape index (κ3) is 1.46. The molecular weight excluding hydrogens is 214 g/mol. The van der Waals surface area contributed by atoms with Crippen LogP contribution in [-0.4, -0.2) is 16.4 Å². The van der Waals surface area contributed by atoms with Gasteiger partial charge in [0.2, 0.25) is 0 Å². The molecule has 3 heteroatoms. The molecule has 2 aromatic rings. The number of Topliss-reactive ketones (excluding diaryl/α,β-unsaturated/α-hetero) is 1. The molecular formula is C14H15NO2. The SMILES string of the molecule is Cc1cccc2c3c([nH]c12)C(=O)CC(C)(C)O3. The number of ketones is 1. The normalized spacial score (nSPS) is 17.9. The minimum atomic E-state index is -0.414. The lowest BCUT2D eigenvalue weighted by Crippen LogP contribution is -2.35. The van der Waals surface area contributed by atoms with Crippen LogP contribution in [0, 0.1) is 6.92 Å². The first kappa shape index (κ1) is 10.4. The first-order valence-electron chi connectivity index (χ1n) is 5.81. The van der Waals surface area contributed by atoms with Crippen LogP contribution < -0.4 is 4.74 Å². The van der Waals surface area contributed by atoms with E-state index in [1.807, 2.05) is 39.0 Å². The maximum atomic E-state index is 12.1. The highest BCUT2D eigenvalue weighted by atomic mass is 16.5. The van der Waals surface area contributed by atoms with Crippen LogP contribution in [0.5, 0.6) is 5.75 Å². The number of para-hydroxylation sites is 1. The summed E-state index contributed by atoms with van der Waals surface area (Å²) in [6.07, 6.45) is 0.422. The van der Waals surface area contributed by atoms with Crippen molar-refractivity contribution < 1.29 is 9.53 Å². The Kier molecular flexibility index (Phi) is 1.91. The van der Waals surface area contributed by atoms with Crippen LogP contribution in [0.4, 0.5) is 0 Å². The van der Waals surface area contributed by atoms with Gasteiger partial charge < -0.3 is 9.72 Å². The molecule has 0 unspecified atom stereocenters. The van der Waals surface area contributed by atoms with Gasteiger partial charge in [-0.05, 0) is 32.4 Å². The van der Waals surface area contributed by atoms with Crippen LogP contribution in [0.25, 0.3) is 10.9 Å². The second kappa shape index (κ2) is 3.13. The zero-order chi connectivity index (χ0) is 12.2. The Balaban J connectivity index is 2.33. The van der Waals surface area contributed by atoms with Gasteiger partial charge in [0, 0.05) is 5.39 Å². The molecule has 3 nitrogen and oxygen atoms in total. The van der Waals surface area contributed by atoms with Gasteiger partial charge in [-0.25, -0.2) is 0 Å². The molecule has 1 aromatic carbocycles. The molecule has 0 radical (unpaired) electrons. The van der Waals surface area contributed by atoms with Crippen LogP contribution in [0.3, 0.4) is 0 Å². The van der Waals surface area contributed by atoms with Crippen molar-refractivity contribution in [1.82, 2.24) is 4.98 Å². The Morgan fingerprint density at radius 1 is 1.35 bits per heavy atom. The van der Waals surface area contributed by atoms with Gasteiger partial charge in [-0.2, -0.15) is 0 Å². The van der Waals surface area contributed by atoms with Crippen LogP contribution in [0.2, 0.25) is 0 Å². The number of rotatable bonds is 0. The standard InChI is InChI=1S/C14H15NO2/c1-8-5-4-6-9-11(8)15-12-10(16)7-14(2,3)17-13(9)12/h4-6,15H,7H2,1-3H3. The van der Waals surface area contributed by atoms with E-state index in [4.69, 9.17) is 4.74 Å². The summed E-state index contributed by atoms with van der Waals surface area (Å²) in [5.41, 5.74) is 2.34. The van der Waals surface area contributed by atoms with Crippen molar-refractivity contribution in [3.63, 3.8) is 0 Å². The van der Waals surface area contributed by atoms with E-state index in [2.05, 4.69) is 4.98 Å². The largest absolute Gasteiger partial charge is 0.484 e. The second-order valence-corrected chi connectivity index (χ2v) is 5.29. The molecule has 0 aliphatic carbocycles. The number of fused-ring (bicyclic) bond motifs is 3. The van der Waals surface area contributed by atoms with E-state index in [0.29, 0.717) is 17.9 Å². The molecule has 1 aromatic heterocycles. The zero-order valence-corrected chi connectivity index (χ0v) is 10.3. The van der Waals surface area contributed by atoms with E-state index in [-0.39, 0.29) is 5.78 Å². The topological polar surface area (TPSA) is 42.1 Å². The summed E-state index contributed by atoms with van der Waals surface area (Å²) in [4.78, 5) is 15.3. The fourth-order valence-electron chi connectivity index (χ4n) is 2.43. The van der Waals surface area contributed by atoms with Gasteiger partial charge in [0.05, 0.1) is 11.9 Å². The average molecular weight is 229 g/mol. The maximum absolute atomic E-state index is 12.1. The molecule has 2 heterocycles. The fraction of sp³-hybridized carbons (Fsp3) is 0.357. The Bertz CT molecular complexity index is 622. The number of aryl methyl sites for hydroxylation is 1. The van der Waals surface area contributed by atoms with E-state index in [9.17, 15) is 4.79 Å². The van der Waals surface area contributed by atoms with Crippen molar-refractivity contribution in [2.75, 3.05) is 0 Å². The predicted molar refractivity (Wildman–Crippen MR) is 66.7 cm³/mol. The quantitative estimate of drug-likeness (QED) is 0.753. The molecule has 0 atom stereocenters. The van der Waals surface area contributed by atoms with E-state index < -0.39 is 5.60 Å². The molecule has 17 heavy (non-hydrogen) atoms. The van der Waals surface area contributed by atoms with Crippen LogP contribution in [-0.2, 0) is 0 Å². The molecule has 0 saturated carbocycles. The molecule has 1 aliphatic rings. The van der Waals surface area contributed by atoms with Gasteiger partial charge in [-0.3, -0.25) is 4.79 Å². The molecule has 3 rings (SSSR count). The summed E-state index contributed by atoms with van der Waals surface area (Å²) in [6.45, 7) is 5.92. The van der Waals surface area contributed by atoms with Gasteiger partial charge >= 0.3 is 0 Å². The van der Waals surface area contributed by atoms with Crippen molar-refractivity contribution in [2.24, 2.45) is 0 Å². The van der Waals surface area contributed by atoms with Crippen LogP contribution in [0.1, 0.15) is 36.3 Å². The summed E-state index contributed by atoms with van der Waals surface area (Å²) in [7, 11) is 0. The Labute approximate surface area is 99.8 Å². The highest BCUT2D eigenvalue weighted by Gasteiger charge is 2.35. The lowest BCUT2D eigenvalue weighted by atomic mass is 9.96. The number of carbonyl (C=O) groups is 1. The van der Waals surface area contributed by atoms with E-state index >= 15 is 0 Å². The molecule has 1 N–H and O–H groups in total. The van der Waals surface area contributed by atoms with Gasteiger partial charge in [0.15, 0.2) is 11.5 Å². The van der Waals surface area contributed by atoms with Crippen molar-refractivity contribution >= 4 is 16.7 Å². The second-order valence-electron chi connectivity index (χ2n) is 5.29. The monoisotopic (exact) mass is 229 g/mol. The molecule has 0 bridgehead atoms. The highest BCUT2D eigenvalue weighted by molar-refractivity contribution is 6.06. The number of carbonyl (C=O) groups excluding carboxylic acids is 1. The van der Waals surface area contributed by atoms with Crippen molar-refractivity contribution in [3.8, 4) is 5.75 Å². The first-order chi connectivity index (χ1) is 7.98. The van der Waals surface area contributed by atoms with Crippen molar-refractivity contribution in [1.29, 1.82) is 0 Å². The number of ether oxygens (including phenoxy) is 1. The molecule has 0 spiro atoms. The fourth-order valence-corrected chi connectivity index (χ4v) is 2.43. The Morgan fingerprint density at radius 2 is 2.12 bits per heavy atom. The summed E-state index contributed by atoms with van der Waals surface area (Å²) in [5.74, 6) is 0.844. The van der Waals surface area contributed by atoms with Crippen molar-refractivity contribution in [3.05, 3.63) is 29.5 Å². The van der Waals surface area contributed by atoms with Gasteiger partial charge in [0.1, 0.15) is 11.3 Å². The molecule has 0 saturated heterocycles. The first-order valence-corrected chi connectivity index (χ1v) is 5.81. The smallest absolute Gasteiger partial charge is 0.186 e. The van der Waals surface area contributed by atoms with Crippen LogP contribution >= 0.6 is 0 Å². The summed E-state index contributed by atoms with van der Waals surface area (Å²) in [5, 5.41) is 1.00. The van der Waals surface area contributed by atoms with Gasteiger partial charge in [-0.15, -0.1) is 0 Å². The number of aromatic nitrogens is 1. The minimum Gasteiger partial charge on any atom is -0.484 e. The number of aromatic amines is 1. The zero-order valence-electron chi connectivity index (χ0n) is 10.3. The predicted octanol–water partition coefficient (Wildman–Crippen LogP) is 3.22. The molecule has 88 valence electrons. The third-order valence-electron chi connectivity index (χ3n) is 3.24. The average Bonchev–Trinajstić information content (AvgIpc) is 2.57. The number of H-pyrrole nitrogens is 1. The van der Waals surface area contributed by atoms with E-state index in [0.717, 1.165) is 16.5 Å². The number of benzene rings is 1. The molecule has 0 fully saturated rings. The number of nitrogens with one attached hydrogen (secondary N) is 1. The summed E-state index contributed by atoms with van der Waals surface area (Å²) in [6, 6.07) is 6.01. The number of hydrogen-bond donors (Lipinski definition) is 1. The lowest BCUT2D eigenvalue weighted by molar-refractivity contribution is 0.0624. The lowest BCUT2D eigenvalue weighted by Gasteiger charge is -2.29. The Morgan fingerprint density at radius 3 is 2.88 bits per heavy atom. The van der Waals surface area contributed by atoms with E-state index in [1.54, 1.807) is 0 Å².